The summed E-state index contributed by atoms with van der Waals surface area (Å²) in [7, 11) is 0. The van der Waals surface area contributed by atoms with Crippen LogP contribution in [0.1, 0.15) is 32.8 Å². The van der Waals surface area contributed by atoms with Crippen molar-refractivity contribution in [2.24, 2.45) is 0 Å². The molecule has 0 aliphatic carbocycles. The average Bonchev–Trinajstić information content (AvgIpc) is 2.39. The fourth-order valence-corrected chi connectivity index (χ4v) is 3.22. The van der Waals surface area contributed by atoms with E-state index in [4.69, 9.17) is 10.5 Å². The molecular weight excluding hydrogens is 310 g/mol. The van der Waals surface area contributed by atoms with Gasteiger partial charge in [0.25, 0.3) is 0 Å². The lowest BCUT2D eigenvalue weighted by Gasteiger charge is -2.25. The maximum Gasteiger partial charge on any atom is 0.122 e. The van der Waals surface area contributed by atoms with Gasteiger partial charge in [-0.1, -0.05) is 6.92 Å². The van der Waals surface area contributed by atoms with Gasteiger partial charge in [0.15, 0.2) is 0 Å². The number of nitrogens with two attached hydrogens (primary N) is 1. The Labute approximate surface area is 143 Å². The van der Waals surface area contributed by atoms with Crippen molar-refractivity contribution in [3.05, 3.63) is 35.9 Å². The summed E-state index contributed by atoms with van der Waals surface area (Å²) in [5.74, 6) is 0.779. The Bertz CT molecular complexity index is 672. The van der Waals surface area contributed by atoms with Gasteiger partial charge in [0.2, 0.25) is 0 Å². The van der Waals surface area contributed by atoms with Crippen molar-refractivity contribution < 1.29 is 4.74 Å². The van der Waals surface area contributed by atoms with Crippen LogP contribution in [0.3, 0.4) is 0 Å². The SMILES string of the molecule is CCC(C)(C)Oc1ccc(-c2c(S)cc(C)cc2S)c(N)c1. The van der Waals surface area contributed by atoms with Crippen molar-refractivity contribution >= 4 is 30.9 Å². The van der Waals surface area contributed by atoms with Crippen LogP contribution in [0.2, 0.25) is 0 Å². The van der Waals surface area contributed by atoms with Crippen LogP contribution >= 0.6 is 25.3 Å². The molecule has 0 aliphatic heterocycles. The second kappa shape index (κ2) is 6.47. The quantitative estimate of drug-likeness (QED) is 0.518. The van der Waals surface area contributed by atoms with E-state index in [1.807, 2.05) is 37.3 Å². The number of thiol groups is 2. The van der Waals surface area contributed by atoms with Crippen molar-refractivity contribution in [3.63, 3.8) is 0 Å². The molecule has 0 heterocycles. The van der Waals surface area contributed by atoms with Gasteiger partial charge in [-0.2, -0.15) is 0 Å². The molecule has 0 aliphatic rings. The molecule has 2 N–H and O–H groups in total. The smallest absolute Gasteiger partial charge is 0.122 e. The first kappa shape index (κ1) is 17.1. The number of benzene rings is 2. The predicted molar refractivity (Wildman–Crippen MR) is 101 cm³/mol. The maximum absolute atomic E-state index is 6.24. The summed E-state index contributed by atoms with van der Waals surface area (Å²) in [6, 6.07) is 9.82. The van der Waals surface area contributed by atoms with Gasteiger partial charge in [0, 0.05) is 32.7 Å². The molecule has 2 aromatic carbocycles. The van der Waals surface area contributed by atoms with E-state index in [0.717, 1.165) is 38.7 Å². The Morgan fingerprint density at radius 3 is 2.18 bits per heavy atom. The van der Waals surface area contributed by atoms with E-state index in [0.29, 0.717) is 5.69 Å². The second-order valence-corrected chi connectivity index (χ2v) is 7.11. The zero-order chi connectivity index (χ0) is 16.5. The van der Waals surface area contributed by atoms with Crippen molar-refractivity contribution in [3.8, 4) is 16.9 Å². The largest absolute Gasteiger partial charge is 0.488 e. The van der Waals surface area contributed by atoms with Crippen LogP contribution < -0.4 is 10.5 Å². The maximum atomic E-state index is 6.24. The first-order chi connectivity index (χ1) is 10.2. The molecule has 0 amide bonds. The number of aryl methyl sites for hydroxylation is 1. The van der Waals surface area contributed by atoms with Gasteiger partial charge in [-0.05, 0) is 57.0 Å². The first-order valence-electron chi connectivity index (χ1n) is 7.35. The average molecular weight is 334 g/mol. The first-order valence-corrected chi connectivity index (χ1v) is 8.24. The summed E-state index contributed by atoms with van der Waals surface area (Å²) in [4.78, 5) is 1.75. The normalized spacial score (nSPS) is 11.5. The third-order valence-corrected chi connectivity index (χ3v) is 4.48. The van der Waals surface area contributed by atoms with Gasteiger partial charge in [-0.3, -0.25) is 0 Å². The van der Waals surface area contributed by atoms with E-state index in [2.05, 4.69) is 46.0 Å². The monoisotopic (exact) mass is 333 g/mol. The van der Waals surface area contributed by atoms with Crippen molar-refractivity contribution in [1.29, 1.82) is 0 Å². The molecule has 0 spiro atoms. The zero-order valence-corrected chi connectivity index (χ0v) is 15.3. The molecule has 0 fully saturated rings. The zero-order valence-electron chi connectivity index (χ0n) is 13.5. The van der Waals surface area contributed by atoms with E-state index in [1.165, 1.54) is 0 Å². The van der Waals surface area contributed by atoms with Gasteiger partial charge in [0.05, 0.1) is 0 Å². The highest BCUT2D eigenvalue weighted by molar-refractivity contribution is 7.81. The minimum atomic E-state index is -0.207. The van der Waals surface area contributed by atoms with E-state index >= 15 is 0 Å². The number of rotatable bonds is 4. The Morgan fingerprint density at radius 2 is 1.68 bits per heavy atom. The van der Waals surface area contributed by atoms with E-state index < -0.39 is 0 Å². The highest BCUT2D eigenvalue weighted by Crippen LogP contribution is 2.38. The van der Waals surface area contributed by atoms with Gasteiger partial charge in [0.1, 0.15) is 11.4 Å². The van der Waals surface area contributed by atoms with E-state index in [-0.39, 0.29) is 5.60 Å². The summed E-state index contributed by atoms with van der Waals surface area (Å²) < 4.78 is 5.98. The highest BCUT2D eigenvalue weighted by atomic mass is 32.1. The molecule has 22 heavy (non-hydrogen) atoms. The van der Waals surface area contributed by atoms with Gasteiger partial charge >= 0.3 is 0 Å². The number of nitrogen functional groups attached to an aromatic ring is 1. The molecule has 0 atom stereocenters. The predicted octanol–water partition coefficient (Wildman–Crippen LogP) is 5.39. The summed E-state index contributed by atoms with van der Waals surface area (Å²) in [5.41, 5.74) is 9.71. The summed E-state index contributed by atoms with van der Waals surface area (Å²) in [6.45, 7) is 8.25. The fraction of sp³-hybridized carbons (Fsp3) is 0.333. The molecule has 2 nitrogen and oxygen atoms in total. The molecule has 2 rings (SSSR count). The van der Waals surface area contributed by atoms with Gasteiger partial charge in [-0.15, -0.1) is 25.3 Å². The van der Waals surface area contributed by atoms with E-state index in [1.54, 1.807) is 0 Å². The summed E-state index contributed by atoms with van der Waals surface area (Å²) in [5, 5.41) is 0. The number of ether oxygens (including phenoxy) is 1. The van der Waals surface area contributed by atoms with Crippen molar-refractivity contribution in [2.75, 3.05) is 5.73 Å². The Hall–Kier alpha value is -1.26. The second-order valence-electron chi connectivity index (χ2n) is 6.14. The number of hydrogen-bond acceptors (Lipinski definition) is 4. The summed E-state index contributed by atoms with van der Waals surface area (Å²) in [6.07, 6.45) is 0.925. The van der Waals surface area contributed by atoms with Gasteiger partial charge in [-0.25, -0.2) is 0 Å². The van der Waals surface area contributed by atoms with Crippen LogP contribution in [0.25, 0.3) is 11.1 Å². The third kappa shape index (κ3) is 3.73. The molecule has 0 aromatic heterocycles. The molecule has 2 aromatic rings. The molecule has 0 bridgehead atoms. The molecule has 0 radical (unpaired) electrons. The molecule has 4 heteroatoms. The standard InChI is InChI=1S/C18H23NOS2/c1-5-18(3,4)20-12-6-7-13(14(19)10-12)17-15(21)8-11(2)9-16(17)22/h6-10,21-22H,5,19H2,1-4H3. The fourth-order valence-electron chi connectivity index (χ4n) is 2.25. The van der Waals surface area contributed by atoms with Crippen LogP contribution in [0, 0.1) is 6.92 Å². The number of hydrogen-bond donors (Lipinski definition) is 3. The van der Waals surface area contributed by atoms with Gasteiger partial charge < -0.3 is 10.5 Å². The minimum Gasteiger partial charge on any atom is -0.488 e. The molecule has 0 saturated carbocycles. The van der Waals surface area contributed by atoms with Crippen molar-refractivity contribution in [2.45, 2.75) is 49.5 Å². The van der Waals surface area contributed by atoms with Crippen molar-refractivity contribution in [1.82, 2.24) is 0 Å². The Balaban J connectivity index is 2.43. The Kier molecular flexibility index (Phi) is 5.03. The van der Waals surface area contributed by atoms with Crippen LogP contribution in [-0.2, 0) is 0 Å². The lowest BCUT2D eigenvalue weighted by atomic mass is 10.0. The summed E-state index contributed by atoms with van der Waals surface area (Å²) >= 11 is 9.14. The highest BCUT2D eigenvalue weighted by Gasteiger charge is 2.18. The van der Waals surface area contributed by atoms with Crippen LogP contribution in [-0.4, -0.2) is 5.60 Å². The lowest BCUT2D eigenvalue weighted by molar-refractivity contribution is 0.105. The molecule has 0 saturated heterocycles. The molecule has 118 valence electrons. The van der Waals surface area contributed by atoms with Crippen LogP contribution in [0.4, 0.5) is 5.69 Å². The lowest BCUT2D eigenvalue weighted by Crippen LogP contribution is -2.26. The minimum absolute atomic E-state index is 0.207. The van der Waals surface area contributed by atoms with Crippen LogP contribution in [0.15, 0.2) is 40.1 Å². The Morgan fingerprint density at radius 1 is 1.09 bits per heavy atom. The van der Waals surface area contributed by atoms with E-state index in [9.17, 15) is 0 Å². The third-order valence-electron chi connectivity index (χ3n) is 3.78. The van der Waals surface area contributed by atoms with Crippen LogP contribution in [0.5, 0.6) is 5.75 Å². The number of anilines is 1. The molecular formula is C18H23NOS2. The topological polar surface area (TPSA) is 35.2 Å². The molecule has 0 unspecified atom stereocenters.